The van der Waals surface area contributed by atoms with Crippen LogP contribution in [0.1, 0.15) is 17.5 Å². The number of amides is 1. The van der Waals surface area contributed by atoms with Gasteiger partial charge in [0.2, 0.25) is 5.91 Å². The molecule has 4 N–H and O–H groups in total. The number of aromatic amines is 1. The van der Waals surface area contributed by atoms with Crippen molar-refractivity contribution >= 4 is 16.8 Å². The second kappa shape index (κ2) is 5.69. The lowest BCUT2D eigenvalue weighted by molar-refractivity contribution is -0.120. The molecule has 4 heteroatoms. The van der Waals surface area contributed by atoms with Crippen LogP contribution in [0.2, 0.25) is 0 Å². The van der Waals surface area contributed by atoms with E-state index in [1.165, 1.54) is 5.56 Å². The van der Waals surface area contributed by atoms with Crippen molar-refractivity contribution in [3.8, 4) is 0 Å². The van der Waals surface area contributed by atoms with Gasteiger partial charge in [-0.2, -0.15) is 0 Å². The zero-order chi connectivity index (χ0) is 13.0. The molecular weight excluding hydrogens is 226 g/mol. The predicted molar refractivity (Wildman–Crippen MR) is 73.4 cm³/mol. The summed E-state index contributed by atoms with van der Waals surface area (Å²) in [5.41, 5.74) is 8.70. The van der Waals surface area contributed by atoms with Gasteiger partial charge in [-0.15, -0.1) is 0 Å². The van der Waals surface area contributed by atoms with E-state index in [4.69, 9.17) is 5.73 Å². The molecule has 18 heavy (non-hydrogen) atoms. The number of fused-ring (bicyclic) bond motifs is 1. The standard InChI is InChI=1S/C14H19N3O/c1-10-3-4-13-12(7-10)11(9-17-13)8-14(18)16-6-2-5-15/h3-4,7,9,17H,2,5-6,8,15H2,1H3,(H,16,18). The molecule has 0 spiro atoms. The smallest absolute Gasteiger partial charge is 0.224 e. The average molecular weight is 245 g/mol. The van der Waals surface area contributed by atoms with Crippen molar-refractivity contribution in [1.29, 1.82) is 0 Å². The van der Waals surface area contributed by atoms with E-state index in [1.807, 2.05) is 12.3 Å². The first-order valence-electron chi connectivity index (χ1n) is 6.24. The highest BCUT2D eigenvalue weighted by molar-refractivity contribution is 5.89. The number of aryl methyl sites for hydroxylation is 1. The molecule has 1 aromatic heterocycles. The molecule has 0 fully saturated rings. The average Bonchev–Trinajstić information content (AvgIpc) is 2.72. The van der Waals surface area contributed by atoms with Gasteiger partial charge < -0.3 is 16.0 Å². The fourth-order valence-corrected chi connectivity index (χ4v) is 2.00. The van der Waals surface area contributed by atoms with Crippen LogP contribution in [0, 0.1) is 6.92 Å². The zero-order valence-corrected chi connectivity index (χ0v) is 10.6. The highest BCUT2D eigenvalue weighted by Gasteiger charge is 2.08. The SMILES string of the molecule is Cc1ccc2[nH]cc(CC(=O)NCCCN)c2c1. The molecule has 0 aliphatic heterocycles. The van der Waals surface area contributed by atoms with Crippen LogP contribution in [-0.4, -0.2) is 24.0 Å². The molecule has 4 nitrogen and oxygen atoms in total. The minimum Gasteiger partial charge on any atom is -0.361 e. The molecule has 0 bridgehead atoms. The summed E-state index contributed by atoms with van der Waals surface area (Å²) in [5.74, 6) is 0.0471. The van der Waals surface area contributed by atoms with Crippen LogP contribution in [0.25, 0.3) is 10.9 Å². The van der Waals surface area contributed by atoms with Crippen molar-refractivity contribution in [2.24, 2.45) is 5.73 Å². The van der Waals surface area contributed by atoms with Gasteiger partial charge in [0.15, 0.2) is 0 Å². The summed E-state index contributed by atoms with van der Waals surface area (Å²) in [6.45, 7) is 3.31. The van der Waals surface area contributed by atoms with Crippen LogP contribution in [0.4, 0.5) is 0 Å². The van der Waals surface area contributed by atoms with Gasteiger partial charge >= 0.3 is 0 Å². The molecule has 0 aliphatic carbocycles. The molecule has 96 valence electrons. The number of hydrogen-bond acceptors (Lipinski definition) is 2. The van der Waals surface area contributed by atoms with Gasteiger partial charge in [-0.1, -0.05) is 11.6 Å². The Morgan fingerprint density at radius 3 is 3.06 bits per heavy atom. The van der Waals surface area contributed by atoms with E-state index in [0.29, 0.717) is 19.5 Å². The fraction of sp³-hybridized carbons (Fsp3) is 0.357. The fourth-order valence-electron chi connectivity index (χ4n) is 2.00. The zero-order valence-electron chi connectivity index (χ0n) is 10.6. The molecule has 2 aromatic rings. The summed E-state index contributed by atoms with van der Waals surface area (Å²) in [7, 11) is 0. The van der Waals surface area contributed by atoms with Crippen molar-refractivity contribution in [3.05, 3.63) is 35.5 Å². The lowest BCUT2D eigenvalue weighted by Crippen LogP contribution is -2.27. The molecule has 0 unspecified atom stereocenters. The third-order valence-electron chi connectivity index (χ3n) is 2.98. The van der Waals surface area contributed by atoms with Gasteiger partial charge in [0, 0.05) is 23.6 Å². The molecule has 0 saturated carbocycles. The van der Waals surface area contributed by atoms with Crippen molar-refractivity contribution < 1.29 is 4.79 Å². The summed E-state index contributed by atoms with van der Waals surface area (Å²) >= 11 is 0. The van der Waals surface area contributed by atoms with Crippen LogP contribution in [-0.2, 0) is 11.2 Å². The maximum Gasteiger partial charge on any atom is 0.224 e. The van der Waals surface area contributed by atoms with Gasteiger partial charge in [-0.3, -0.25) is 4.79 Å². The van der Waals surface area contributed by atoms with Crippen LogP contribution < -0.4 is 11.1 Å². The second-order valence-corrected chi connectivity index (χ2v) is 4.53. The molecular formula is C14H19N3O. The predicted octanol–water partition coefficient (Wildman–Crippen LogP) is 1.48. The van der Waals surface area contributed by atoms with Crippen LogP contribution in [0.15, 0.2) is 24.4 Å². The van der Waals surface area contributed by atoms with E-state index >= 15 is 0 Å². The van der Waals surface area contributed by atoms with Crippen molar-refractivity contribution in [1.82, 2.24) is 10.3 Å². The summed E-state index contributed by atoms with van der Waals surface area (Å²) in [6.07, 6.45) is 3.14. The highest BCUT2D eigenvalue weighted by Crippen LogP contribution is 2.19. The number of carbonyl (C=O) groups excluding carboxylic acids is 1. The summed E-state index contributed by atoms with van der Waals surface area (Å²) in [5, 5.41) is 4.00. The number of nitrogens with two attached hydrogens (primary N) is 1. The first-order chi connectivity index (χ1) is 8.70. The Balaban J connectivity index is 2.07. The van der Waals surface area contributed by atoms with Crippen LogP contribution in [0.3, 0.4) is 0 Å². The molecule has 0 radical (unpaired) electrons. The first kappa shape index (κ1) is 12.6. The normalized spacial score (nSPS) is 10.8. The highest BCUT2D eigenvalue weighted by atomic mass is 16.1. The van der Waals surface area contributed by atoms with Gasteiger partial charge in [-0.05, 0) is 37.6 Å². The Bertz CT molecular complexity index is 545. The topological polar surface area (TPSA) is 70.9 Å². The molecule has 1 amide bonds. The van der Waals surface area contributed by atoms with Crippen molar-refractivity contribution in [2.45, 2.75) is 19.8 Å². The van der Waals surface area contributed by atoms with E-state index in [1.54, 1.807) is 0 Å². The lowest BCUT2D eigenvalue weighted by atomic mass is 10.1. The van der Waals surface area contributed by atoms with Crippen molar-refractivity contribution in [3.63, 3.8) is 0 Å². The maximum absolute atomic E-state index is 11.7. The number of hydrogen-bond donors (Lipinski definition) is 3. The van der Waals surface area contributed by atoms with Crippen molar-refractivity contribution in [2.75, 3.05) is 13.1 Å². The molecule has 0 atom stereocenters. The van der Waals surface area contributed by atoms with Crippen LogP contribution in [0.5, 0.6) is 0 Å². The Kier molecular flexibility index (Phi) is 3.99. The van der Waals surface area contributed by atoms with Gasteiger partial charge in [0.25, 0.3) is 0 Å². The number of H-pyrrole nitrogens is 1. The van der Waals surface area contributed by atoms with Gasteiger partial charge in [-0.25, -0.2) is 0 Å². The van der Waals surface area contributed by atoms with Gasteiger partial charge in [0.1, 0.15) is 0 Å². The summed E-state index contributed by atoms with van der Waals surface area (Å²) in [6, 6.07) is 6.21. The van der Waals surface area contributed by atoms with Gasteiger partial charge in [0.05, 0.1) is 6.42 Å². The molecule has 1 heterocycles. The minimum atomic E-state index is 0.0471. The Labute approximate surface area is 107 Å². The maximum atomic E-state index is 11.7. The third kappa shape index (κ3) is 2.90. The number of benzene rings is 1. The number of rotatable bonds is 5. The number of aromatic nitrogens is 1. The second-order valence-electron chi connectivity index (χ2n) is 4.53. The molecule has 1 aromatic carbocycles. The molecule has 2 rings (SSSR count). The van der Waals surface area contributed by atoms with E-state index in [9.17, 15) is 4.79 Å². The minimum absolute atomic E-state index is 0.0471. The summed E-state index contributed by atoms with van der Waals surface area (Å²) in [4.78, 5) is 14.9. The number of nitrogens with one attached hydrogen (secondary N) is 2. The number of carbonyl (C=O) groups is 1. The quantitative estimate of drug-likeness (QED) is 0.698. The van der Waals surface area contributed by atoms with E-state index < -0.39 is 0 Å². The van der Waals surface area contributed by atoms with E-state index in [-0.39, 0.29) is 5.91 Å². The lowest BCUT2D eigenvalue weighted by Gasteiger charge is -2.03. The van der Waals surface area contributed by atoms with E-state index in [0.717, 1.165) is 22.9 Å². The summed E-state index contributed by atoms with van der Waals surface area (Å²) < 4.78 is 0. The Hall–Kier alpha value is -1.81. The largest absolute Gasteiger partial charge is 0.361 e. The monoisotopic (exact) mass is 245 g/mol. The molecule has 0 saturated heterocycles. The van der Waals surface area contributed by atoms with Crippen LogP contribution >= 0.6 is 0 Å². The third-order valence-corrected chi connectivity index (χ3v) is 2.98. The Morgan fingerprint density at radius 1 is 1.44 bits per heavy atom. The Morgan fingerprint density at radius 2 is 2.28 bits per heavy atom. The first-order valence-corrected chi connectivity index (χ1v) is 6.24. The molecule has 0 aliphatic rings. The van der Waals surface area contributed by atoms with E-state index in [2.05, 4.69) is 29.4 Å².